The van der Waals surface area contributed by atoms with Gasteiger partial charge in [-0.25, -0.2) is 0 Å². The first-order valence-electron chi connectivity index (χ1n) is 12.1. The van der Waals surface area contributed by atoms with Crippen molar-refractivity contribution in [3.63, 3.8) is 0 Å². The SMILES string of the molecule is C[C@]12CCC3C(C(=O)[C@H](CO)[C@H]4CC5(CC[C@]34C)OCCO5)C1CCC21OCCO1. The zero-order chi connectivity index (χ0) is 20.8. The zero-order valence-corrected chi connectivity index (χ0v) is 18.4. The maximum absolute atomic E-state index is 14.0. The molecule has 0 aromatic heterocycles. The summed E-state index contributed by atoms with van der Waals surface area (Å²) in [6.45, 7) is 7.21. The van der Waals surface area contributed by atoms with Crippen molar-refractivity contribution in [1.82, 2.24) is 0 Å². The molecule has 2 saturated heterocycles. The Morgan fingerprint density at radius 1 is 0.867 bits per heavy atom. The lowest BCUT2D eigenvalue weighted by Gasteiger charge is -2.63. The topological polar surface area (TPSA) is 74.2 Å². The van der Waals surface area contributed by atoms with Crippen LogP contribution in [0.25, 0.3) is 0 Å². The van der Waals surface area contributed by atoms with E-state index in [0.29, 0.717) is 32.3 Å². The highest BCUT2D eigenvalue weighted by atomic mass is 16.7. The molecule has 2 spiro atoms. The van der Waals surface area contributed by atoms with Crippen molar-refractivity contribution in [3.05, 3.63) is 0 Å². The standard InChI is InChI=1S/C24H36O6/c1-21-7-8-23(27-9-10-28-23)13-18(21)15(14-25)20(26)19-16(21)3-5-22(2)17(19)4-6-24(22)29-11-12-30-24/h15-19,25H,3-14H2,1-2H3/t15-,16?,17?,18-,19?,21-,22+/m1/s1. The summed E-state index contributed by atoms with van der Waals surface area (Å²) in [6, 6.07) is 0. The number of Topliss-reactive ketones (excluding diaryl/α,β-unsaturated/α-hetero) is 1. The monoisotopic (exact) mass is 420 g/mol. The fraction of sp³-hybridized carbons (Fsp3) is 0.958. The summed E-state index contributed by atoms with van der Waals surface area (Å²) in [7, 11) is 0. The molecule has 30 heavy (non-hydrogen) atoms. The molecule has 0 radical (unpaired) electrons. The van der Waals surface area contributed by atoms with Crippen LogP contribution >= 0.6 is 0 Å². The van der Waals surface area contributed by atoms with Crippen molar-refractivity contribution >= 4 is 5.78 Å². The predicted molar refractivity (Wildman–Crippen MR) is 107 cm³/mol. The molecule has 3 unspecified atom stereocenters. The molecule has 0 bridgehead atoms. The third-order valence-corrected chi connectivity index (χ3v) is 10.5. The number of ether oxygens (including phenoxy) is 4. The maximum Gasteiger partial charge on any atom is 0.174 e. The first-order valence-corrected chi connectivity index (χ1v) is 12.1. The normalized spacial score (nSPS) is 51.2. The Morgan fingerprint density at radius 3 is 2.23 bits per heavy atom. The van der Waals surface area contributed by atoms with Gasteiger partial charge in [0.1, 0.15) is 5.78 Å². The first kappa shape index (κ1) is 20.1. The van der Waals surface area contributed by atoms with E-state index in [2.05, 4.69) is 13.8 Å². The van der Waals surface area contributed by atoms with E-state index >= 15 is 0 Å². The summed E-state index contributed by atoms with van der Waals surface area (Å²) >= 11 is 0. The van der Waals surface area contributed by atoms with E-state index in [1.165, 1.54) is 0 Å². The number of ketones is 1. The molecule has 1 N–H and O–H groups in total. The van der Waals surface area contributed by atoms with Gasteiger partial charge < -0.3 is 24.1 Å². The highest BCUT2D eigenvalue weighted by Crippen LogP contribution is 2.70. The second kappa shape index (κ2) is 6.50. The third-order valence-electron chi connectivity index (χ3n) is 10.5. The van der Waals surface area contributed by atoms with Gasteiger partial charge in [-0.3, -0.25) is 4.79 Å². The quantitative estimate of drug-likeness (QED) is 0.703. The molecule has 0 aromatic carbocycles. The van der Waals surface area contributed by atoms with Crippen molar-refractivity contribution < 1.29 is 28.8 Å². The number of hydrogen-bond acceptors (Lipinski definition) is 6. The number of aliphatic hydroxyl groups excluding tert-OH is 1. The zero-order valence-electron chi connectivity index (χ0n) is 18.4. The van der Waals surface area contributed by atoms with Gasteiger partial charge in [-0.05, 0) is 48.9 Å². The largest absolute Gasteiger partial charge is 0.396 e. The van der Waals surface area contributed by atoms with Gasteiger partial charge in [-0.2, -0.15) is 0 Å². The van der Waals surface area contributed by atoms with E-state index in [1.807, 2.05) is 0 Å². The van der Waals surface area contributed by atoms with Gasteiger partial charge in [0, 0.05) is 36.5 Å². The van der Waals surface area contributed by atoms with Crippen LogP contribution in [0.2, 0.25) is 0 Å². The van der Waals surface area contributed by atoms with Gasteiger partial charge >= 0.3 is 0 Å². The van der Waals surface area contributed by atoms with Crippen LogP contribution in [-0.4, -0.2) is 55.5 Å². The molecule has 6 aliphatic rings. The third kappa shape index (κ3) is 2.35. The van der Waals surface area contributed by atoms with Crippen LogP contribution in [0.5, 0.6) is 0 Å². The lowest BCUT2D eigenvalue weighted by molar-refractivity contribution is -0.259. The second-order valence-corrected chi connectivity index (χ2v) is 11.3. The Hall–Kier alpha value is -0.530. The average Bonchev–Trinajstić information content (AvgIpc) is 3.46. The molecule has 6 fully saturated rings. The molecule has 2 aliphatic heterocycles. The van der Waals surface area contributed by atoms with Crippen LogP contribution in [0.15, 0.2) is 0 Å². The minimum absolute atomic E-state index is 0.00814. The number of hydrogen-bond donors (Lipinski definition) is 1. The van der Waals surface area contributed by atoms with E-state index in [1.54, 1.807) is 0 Å². The Balaban J connectivity index is 1.37. The lowest BCUT2D eigenvalue weighted by atomic mass is 9.42. The summed E-state index contributed by atoms with van der Waals surface area (Å²) in [4.78, 5) is 14.0. The Labute approximate surface area is 179 Å². The molecule has 4 saturated carbocycles. The van der Waals surface area contributed by atoms with Gasteiger partial charge in [0.15, 0.2) is 11.6 Å². The summed E-state index contributed by atoms with van der Waals surface area (Å²) in [5.74, 6) is -0.282. The maximum atomic E-state index is 14.0. The van der Waals surface area contributed by atoms with E-state index in [-0.39, 0.29) is 46.9 Å². The van der Waals surface area contributed by atoms with Crippen LogP contribution in [0, 0.1) is 40.4 Å². The van der Waals surface area contributed by atoms with E-state index in [9.17, 15) is 9.90 Å². The molecule has 168 valence electrons. The number of rotatable bonds is 1. The summed E-state index contributed by atoms with van der Waals surface area (Å²) < 4.78 is 24.5. The van der Waals surface area contributed by atoms with E-state index in [0.717, 1.165) is 44.9 Å². The van der Waals surface area contributed by atoms with Gasteiger partial charge in [-0.1, -0.05) is 13.8 Å². The first-order chi connectivity index (χ1) is 14.4. The second-order valence-electron chi connectivity index (χ2n) is 11.3. The minimum atomic E-state index is -0.531. The molecular weight excluding hydrogens is 384 g/mol. The van der Waals surface area contributed by atoms with Crippen molar-refractivity contribution in [2.45, 2.75) is 70.4 Å². The smallest absolute Gasteiger partial charge is 0.174 e. The van der Waals surface area contributed by atoms with Gasteiger partial charge in [0.05, 0.1) is 33.0 Å². The summed E-state index contributed by atoms with van der Waals surface area (Å²) in [6.07, 6.45) is 6.60. The van der Waals surface area contributed by atoms with Crippen molar-refractivity contribution in [1.29, 1.82) is 0 Å². The number of fused-ring (bicyclic) bond motifs is 6. The summed E-state index contributed by atoms with van der Waals surface area (Å²) in [5, 5.41) is 10.4. The van der Waals surface area contributed by atoms with Crippen LogP contribution in [0.3, 0.4) is 0 Å². The molecule has 6 heteroatoms. The molecule has 6 nitrogen and oxygen atoms in total. The average molecular weight is 421 g/mol. The van der Waals surface area contributed by atoms with Crippen molar-refractivity contribution in [3.8, 4) is 0 Å². The van der Waals surface area contributed by atoms with Crippen LogP contribution in [0.1, 0.15) is 58.8 Å². The molecule has 0 aromatic rings. The number of carbonyl (C=O) groups excluding carboxylic acids is 1. The minimum Gasteiger partial charge on any atom is -0.396 e. The van der Waals surface area contributed by atoms with E-state index < -0.39 is 11.6 Å². The Morgan fingerprint density at radius 2 is 1.53 bits per heavy atom. The Kier molecular flexibility index (Phi) is 4.36. The highest BCUT2D eigenvalue weighted by Gasteiger charge is 2.71. The fourth-order valence-electron chi connectivity index (χ4n) is 8.96. The van der Waals surface area contributed by atoms with Gasteiger partial charge in [0.2, 0.25) is 0 Å². The van der Waals surface area contributed by atoms with Crippen LogP contribution in [0.4, 0.5) is 0 Å². The Bertz CT molecular complexity index is 725. The van der Waals surface area contributed by atoms with Crippen molar-refractivity contribution in [2.24, 2.45) is 40.4 Å². The molecule has 2 heterocycles. The van der Waals surface area contributed by atoms with Crippen LogP contribution < -0.4 is 0 Å². The fourth-order valence-corrected chi connectivity index (χ4v) is 8.96. The molecule has 0 amide bonds. The molecule has 4 aliphatic carbocycles. The number of aliphatic hydroxyl groups is 1. The van der Waals surface area contributed by atoms with Gasteiger partial charge in [-0.15, -0.1) is 0 Å². The molecule has 6 rings (SSSR count). The highest BCUT2D eigenvalue weighted by molar-refractivity contribution is 5.86. The lowest BCUT2D eigenvalue weighted by Crippen LogP contribution is -2.64. The van der Waals surface area contributed by atoms with Crippen molar-refractivity contribution in [2.75, 3.05) is 33.0 Å². The van der Waals surface area contributed by atoms with E-state index in [4.69, 9.17) is 18.9 Å². The summed E-state index contributed by atoms with van der Waals surface area (Å²) in [5.41, 5.74) is -0.0713. The molecule has 7 atom stereocenters. The molecular formula is C24H36O6. The predicted octanol–water partition coefficient (Wildman–Crippen LogP) is 2.91. The number of carbonyl (C=O) groups is 1. The van der Waals surface area contributed by atoms with Crippen LogP contribution in [-0.2, 0) is 23.7 Å². The van der Waals surface area contributed by atoms with Gasteiger partial charge in [0.25, 0.3) is 0 Å².